The van der Waals surface area contributed by atoms with Crippen molar-refractivity contribution in [3.8, 4) is 5.75 Å². The van der Waals surface area contributed by atoms with E-state index in [1.165, 1.54) is 11.3 Å². The Morgan fingerprint density at radius 1 is 1.24 bits per heavy atom. The second-order valence-electron chi connectivity index (χ2n) is 5.66. The van der Waals surface area contributed by atoms with Crippen LogP contribution in [0.4, 0.5) is 0 Å². The van der Waals surface area contributed by atoms with E-state index in [1.807, 2.05) is 44.2 Å². The molecule has 0 aliphatic heterocycles. The molecule has 0 aliphatic rings. The molecule has 1 aromatic heterocycles. The van der Waals surface area contributed by atoms with Gasteiger partial charge in [0.15, 0.2) is 6.10 Å². The second-order valence-corrected chi connectivity index (χ2v) is 6.92. The van der Waals surface area contributed by atoms with Crippen molar-refractivity contribution in [2.45, 2.75) is 39.8 Å². The Balaban J connectivity index is 1.87. The van der Waals surface area contributed by atoms with Gasteiger partial charge in [-0.1, -0.05) is 19.1 Å². The summed E-state index contributed by atoms with van der Waals surface area (Å²) in [5.41, 5.74) is 2.07. The van der Waals surface area contributed by atoms with Gasteiger partial charge in [-0.3, -0.25) is 4.79 Å². The number of carbonyl (C=O) groups excluding carboxylic acids is 2. The van der Waals surface area contributed by atoms with Crippen LogP contribution in [0.15, 0.2) is 30.3 Å². The Kier molecular flexibility index (Phi) is 6.58. The minimum atomic E-state index is -0.849. The summed E-state index contributed by atoms with van der Waals surface area (Å²) in [5.74, 6) is -0.0249. The van der Waals surface area contributed by atoms with Crippen molar-refractivity contribution in [3.05, 3.63) is 51.2 Å². The molecule has 1 aromatic carbocycles. The summed E-state index contributed by atoms with van der Waals surface area (Å²) in [6.45, 7) is 5.95. The monoisotopic (exact) mass is 361 g/mol. The van der Waals surface area contributed by atoms with E-state index in [1.54, 1.807) is 14.0 Å². The first-order valence-electron chi connectivity index (χ1n) is 8.15. The van der Waals surface area contributed by atoms with Gasteiger partial charge >= 0.3 is 5.97 Å². The lowest BCUT2D eigenvalue weighted by Crippen LogP contribution is -2.35. The molecule has 0 radical (unpaired) electrons. The summed E-state index contributed by atoms with van der Waals surface area (Å²) in [7, 11) is 1.60. The number of benzene rings is 1. The van der Waals surface area contributed by atoms with E-state index >= 15 is 0 Å². The van der Waals surface area contributed by atoms with Crippen molar-refractivity contribution in [1.29, 1.82) is 0 Å². The number of amides is 1. The lowest BCUT2D eigenvalue weighted by atomic mass is 10.2. The summed E-state index contributed by atoms with van der Waals surface area (Å²) in [4.78, 5) is 25.9. The standard InChI is InChI=1S/C19H23NO4S/c1-5-15-10-17(25-13(15)3)19(22)24-12(2)18(21)20-11-14-6-8-16(23-4)9-7-14/h6-10,12H,5,11H2,1-4H3,(H,20,21)/t12-/m0/s1. The maximum atomic E-state index is 12.2. The predicted octanol–water partition coefficient (Wildman–Crippen LogP) is 3.49. The summed E-state index contributed by atoms with van der Waals surface area (Å²) in [6, 6.07) is 9.24. The molecule has 2 aromatic rings. The lowest BCUT2D eigenvalue weighted by molar-refractivity contribution is -0.129. The Bertz CT molecular complexity index is 736. The molecule has 1 heterocycles. The van der Waals surface area contributed by atoms with Crippen LogP contribution in [0, 0.1) is 6.92 Å². The fraction of sp³-hybridized carbons (Fsp3) is 0.368. The normalized spacial score (nSPS) is 11.7. The van der Waals surface area contributed by atoms with Crippen molar-refractivity contribution in [2.24, 2.45) is 0 Å². The Labute approximate surface area is 152 Å². The molecule has 6 heteroatoms. The third kappa shape index (κ3) is 5.06. The topological polar surface area (TPSA) is 64.6 Å². The highest BCUT2D eigenvalue weighted by Crippen LogP contribution is 2.23. The van der Waals surface area contributed by atoms with Crippen LogP contribution in [-0.2, 0) is 22.5 Å². The smallest absolute Gasteiger partial charge is 0.349 e. The van der Waals surface area contributed by atoms with Crippen LogP contribution in [-0.4, -0.2) is 25.1 Å². The SMILES string of the molecule is CCc1cc(C(=O)O[C@@H](C)C(=O)NCc2ccc(OC)cc2)sc1C. The molecule has 0 spiro atoms. The number of hydrogen-bond acceptors (Lipinski definition) is 5. The molecule has 0 aliphatic carbocycles. The van der Waals surface area contributed by atoms with Gasteiger partial charge in [-0.25, -0.2) is 4.79 Å². The summed E-state index contributed by atoms with van der Waals surface area (Å²) < 4.78 is 10.4. The minimum Gasteiger partial charge on any atom is -0.497 e. The zero-order valence-electron chi connectivity index (χ0n) is 14.9. The van der Waals surface area contributed by atoms with Crippen molar-refractivity contribution in [3.63, 3.8) is 0 Å². The fourth-order valence-electron chi connectivity index (χ4n) is 2.32. The summed E-state index contributed by atoms with van der Waals surface area (Å²) in [6.07, 6.45) is 0.0197. The quantitative estimate of drug-likeness (QED) is 0.767. The fourth-order valence-corrected chi connectivity index (χ4v) is 3.32. The molecule has 0 bridgehead atoms. The number of methoxy groups -OCH3 is 1. The average Bonchev–Trinajstić information content (AvgIpc) is 3.01. The van der Waals surface area contributed by atoms with Crippen LogP contribution in [0.25, 0.3) is 0 Å². The van der Waals surface area contributed by atoms with E-state index < -0.39 is 12.1 Å². The number of hydrogen-bond donors (Lipinski definition) is 1. The molecular formula is C19H23NO4S. The number of thiophene rings is 1. The lowest BCUT2D eigenvalue weighted by Gasteiger charge is -2.13. The first kappa shape index (κ1) is 19.0. The summed E-state index contributed by atoms with van der Waals surface area (Å²) >= 11 is 1.40. The largest absolute Gasteiger partial charge is 0.497 e. The van der Waals surface area contributed by atoms with Gasteiger partial charge < -0.3 is 14.8 Å². The van der Waals surface area contributed by atoms with Crippen LogP contribution in [0.2, 0.25) is 0 Å². The van der Waals surface area contributed by atoms with Gasteiger partial charge in [-0.05, 0) is 49.6 Å². The zero-order chi connectivity index (χ0) is 18.4. The number of esters is 1. The molecular weight excluding hydrogens is 338 g/mol. The molecule has 0 saturated carbocycles. The molecule has 134 valence electrons. The van der Waals surface area contributed by atoms with Crippen LogP contribution in [0.1, 0.15) is 39.5 Å². The van der Waals surface area contributed by atoms with E-state index in [-0.39, 0.29) is 5.91 Å². The van der Waals surface area contributed by atoms with Crippen molar-refractivity contribution < 1.29 is 19.1 Å². The van der Waals surface area contributed by atoms with E-state index in [9.17, 15) is 9.59 Å². The van der Waals surface area contributed by atoms with Gasteiger partial charge in [0.1, 0.15) is 10.6 Å². The van der Waals surface area contributed by atoms with Crippen LogP contribution in [0.5, 0.6) is 5.75 Å². The van der Waals surface area contributed by atoms with E-state index in [0.717, 1.165) is 28.2 Å². The highest BCUT2D eigenvalue weighted by molar-refractivity contribution is 7.14. The highest BCUT2D eigenvalue weighted by Gasteiger charge is 2.20. The molecule has 1 N–H and O–H groups in total. The van der Waals surface area contributed by atoms with Gasteiger partial charge in [-0.2, -0.15) is 0 Å². The van der Waals surface area contributed by atoms with E-state index in [2.05, 4.69) is 5.32 Å². The minimum absolute atomic E-state index is 0.326. The first-order valence-corrected chi connectivity index (χ1v) is 8.97. The molecule has 2 rings (SSSR count). The maximum absolute atomic E-state index is 12.2. The highest BCUT2D eigenvalue weighted by atomic mass is 32.1. The number of nitrogens with one attached hydrogen (secondary N) is 1. The Hall–Kier alpha value is -2.34. The molecule has 0 unspecified atom stereocenters. The first-order chi connectivity index (χ1) is 11.9. The molecule has 0 saturated heterocycles. The zero-order valence-corrected chi connectivity index (χ0v) is 15.7. The number of aryl methyl sites for hydroxylation is 2. The summed E-state index contributed by atoms with van der Waals surface area (Å²) in [5, 5.41) is 2.77. The Morgan fingerprint density at radius 3 is 2.48 bits per heavy atom. The molecule has 1 amide bonds. The maximum Gasteiger partial charge on any atom is 0.349 e. The van der Waals surface area contributed by atoms with Gasteiger partial charge in [0.05, 0.1) is 7.11 Å². The van der Waals surface area contributed by atoms with Crippen molar-refractivity contribution in [1.82, 2.24) is 5.32 Å². The number of carbonyl (C=O) groups is 2. The van der Waals surface area contributed by atoms with Gasteiger partial charge in [-0.15, -0.1) is 11.3 Å². The van der Waals surface area contributed by atoms with Gasteiger partial charge in [0, 0.05) is 11.4 Å². The number of ether oxygens (including phenoxy) is 2. The van der Waals surface area contributed by atoms with E-state index in [4.69, 9.17) is 9.47 Å². The van der Waals surface area contributed by atoms with E-state index in [0.29, 0.717) is 11.4 Å². The average molecular weight is 361 g/mol. The second kappa shape index (κ2) is 8.67. The van der Waals surface area contributed by atoms with Crippen molar-refractivity contribution in [2.75, 3.05) is 7.11 Å². The predicted molar refractivity (Wildman–Crippen MR) is 98.2 cm³/mol. The Morgan fingerprint density at radius 2 is 1.92 bits per heavy atom. The molecule has 5 nitrogen and oxygen atoms in total. The molecule has 1 atom stereocenters. The van der Waals surface area contributed by atoms with Crippen LogP contribution >= 0.6 is 11.3 Å². The third-order valence-corrected chi connectivity index (χ3v) is 4.95. The van der Waals surface area contributed by atoms with Gasteiger partial charge in [0.25, 0.3) is 5.91 Å². The molecule has 0 fully saturated rings. The van der Waals surface area contributed by atoms with Crippen LogP contribution < -0.4 is 10.1 Å². The van der Waals surface area contributed by atoms with Crippen molar-refractivity contribution >= 4 is 23.2 Å². The number of rotatable bonds is 7. The molecule has 25 heavy (non-hydrogen) atoms. The van der Waals surface area contributed by atoms with Crippen LogP contribution in [0.3, 0.4) is 0 Å². The third-order valence-electron chi connectivity index (χ3n) is 3.88. The van der Waals surface area contributed by atoms with Gasteiger partial charge in [0.2, 0.25) is 0 Å².